The summed E-state index contributed by atoms with van der Waals surface area (Å²) < 4.78 is 5.02. The zero-order chi connectivity index (χ0) is 12.3. The van der Waals surface area contributed by atoms with Crippen LogP contribution in [-0.2, 0) is 22.4 Å². The lowest BCUT2D eigenvalue weighted by Gasteiger charge is -2.11. The summed E-state index contributed by atoms with van der Waals surface area (Å²) in [6.07, 6.45) is 5.53. The van der Waals surface area contributed by atoms with Crippen LogP contribution in [0.1, 0.15) is 40.6 Å². The van der Waals surface area contributed by atoms with Crippen LogP contribution in [0.5, 0.6) is 0 Å². The lowest BCUT2D eigenvalue weighted by Crippen LogP contribution is -2.09. The molecule has 0 saturated heterocycles. The number of aryl methyl sites for hydroxylation is 1. The standard InChI is InChI=1S/C12H13NO3S/c1-2-16-12(15)10-8-5-3-4-6-9(8)17-11(10)13-7-14/h2-6H2,1H3. The van der Waals surface area contributed by atoms with Crippen LogP contribution >= 0.6 is 11.3 Å². The van der Waals surface area contributed by atoms with Crippen molar-refractivity contribution >= 4 is 28.4 Å². The minimum atomic E-state index is -0.374. The quantitative estimate of drug-likeness (QED) is 0.471. The molecule has 17 heavy (non-hydrogen) atoms. The van der Waals surface area contributed by atoms with Crippen molar-refractivity contribution < 1.29 is 14.3 Å². The number of fused-ring (bicyclic) bond motifs is 1. The Morgan fingerprint density at radius 2 is 2.24 bits per heavy atom. The van der Waals surface area contributed by atoms with Crippen LogP contribution in [0, 0.1) is 0 Å². The third-order valence-corrected chi connectivity index (χ3v) is 3.97. The third kappa shape index (κ3) is 2.30. The minimum absolute atomic E-state index is 0.327. The number of ether oxygens (including phenoxy) is 1. The van der Waals surface area contributed by atoms with Gasteiger partial charge < -0.3 is 4.74 Å². The van der Waals surface area contributed by atoms with Gasteiger partial charge >= 0.3 is 5.97 Å². The zero-order valence-electron chi connectivity index (χ0n) is 9.62. The predicted octanol–water partition coefficient (Wildman–Crippen LogP) is 2.77. The van der Waals surface area contributed by atoms with Gasteiger partial charge in [0.15, 0.2) is 0 Å². The number of carbonyl (C=O) groups excluding carboxylic acids is 2. The Bertz CT molecular complexity index is 486. The monoisotopic (exact) mass is 251 g/mol. The number of carbonyl (C=O) groups is 1. The number of thiophene rings is 1. The SMILES string of the molecule is CCOC(=O)c1c(N=C=O)sc2c1CCCC2. The van der Waals surface area contributed by atoms with Gasteiger partial charge in [0.2, 0.25) is 6.08 Å². The number of hydrogen-bond donors (Lipinski definition) is 0. The summed E-state index contributed by atoms with van der Waals surface area (Å²) >= 11 is 1.41. The van der Waals surface area contributed by atoms with Gasteiger partial charge in [-0.3, -0.25) is 0 Å². The molecule has 1 aliphatic carbocycles. The smallest absolute Gasteiger partial charge is 0.341 e. The highest BCUT2D eigenvalue weighted by Crippen LogP contribution is 2.39. The second kappa shape index (κ2) is 5.25. The van der Waals surface area contributed by atoms with Gasteiger partial charge in [0.25, 0.3) is 0 Å². The van der Waals surface area contributed by atoms with E-state index in [0.29, 0.717) is 17.2 Å². The van der Waals surface area contributed by atoms with E-state index >= 15 is 0 Å². The largest absolute Gasteiger partial charge is 0.462 e. The average molecular weight is 251 g/mol. The van der Waals surface area contributed by atoms with E-state index in [4.69, 9.17) is 4.74 Å². The van der Waals surface area contributed by atoms with Crippen molar-refractivity contribution in [1.29, 1.82) is 0 Å². The molecule has 90 valence electrons. The molecule has 0 spiro atoms. The van der Waals surface area contributed by atoms with E-state index in [-0.39, 0.29) is 5.97 Å². The van der Waals surface area contributed by atoms with E-state index in [1.165, 1.54) is 17.4 Å². The number of nitrogens with zero attached hydrogens (tertiary/aromatic N) is 1. The van der Waals surface area contributed by atoms with Crippen LogP contribution in [0.15, 0.2) is 4.99 Å². The Morgan fingerprint density at radius 1 is 1.47 bits per heavy atom. The molecule has 0 bridgehead atoms. The van der Waals surface area contributed by atoms with E-state index in [2.05, 4.69) is 4.99 Å². The second-order valence-electron chi connectivity index (χ2n) is 3.81. The third-order valence-electron chi connectivity index (χ3n) is 2.78. The summed E-state index contributed by atoms with van der Waals surface area (Å²) in [6.45, 7) is 2.09. The average Bonchev–Trinajstić information content (AvgIpc) is 2.67. The highest BCUT2D eigenvalue weighted by atomic mass is 32.1. The number of isocyanates is 1. The fraction of sp³-hybridized carbons (Fsp3) is 0.500. The fourth-order valence-electron chi connectivity index (χ4n) is 2.09. The molecule has 1 heterocycles. The van der Waals surface area contributed by atoms with E-state index in [1.54, 1.807) is 6.92 Å². The van der Waals surface area contributed by atoms with Crippen LogP contribution < -0.4 is 0 Å². The van der Waals surface area contributed by atoms with Crippen molar-refractivity contribution in [3.8, 4) is 0 Å². The van der Waals surface area contributed by atoms with Gasteiger partial charge in [-0.2, -0.15) is 4.99 Å². The van der Waals surface area contributed by atoms with Crippen molar-refractivity contribution in [1.82, 2.24) is 0 Å². The van der Waals surface area contributed by atoms with Crippen LogP contribution in [0.3, 0.4) is 0 Å². The van der Waals surface area contributed by atoms with E-state index in [0.717, 1.165) is 36.1 Å². The number of aliphatic imine (C=N–C) groups is 1. The molecule has 0 aromatic carbocycles. The lowest BCUT2D eigenvalue weighted by molar-refractivity contribution is 0.0526. The summed E-state index contributed by atoms with van der Waals surface area (Å²) in [5, 5.41) is 0.449. The Balaban J connectivity index is 2.48. The highest BCUT2D eigenvalue weighted by molar-refractivity contribution is 7.16. The van der Waals surface area contributed by atoms with Gasteiger partial charge in [-0.1, -0.05) is 0 Å². The molecule has 0 N–H and O–H groups in total. The van der Waals surface area contributed by atoms with Crippen molar-refractivity contribution in [3.05, 3.63) is 16.0 Å². The summed E-state index contributed by atoms with van der Waals surface area (Å²) in [6, 6.07) is 0. The molecule has 0 atom stereocenters. The molecule has 0 amide bonds. The van der Waals surface area contributed by atoms with E-state index < -0.39 is 0 Å². The molecule has 0 saturated carbocycles. The van der Waals surface area contributed by atoms with E-state index in [9.17, 15) is 9.59 Å². The molecular weight excluding hydrogens is 238 g/mol. The predicted molar refractivity (Wildman–Crippen MR) is 64.7 cm³/mol. The molecular formula is C12H13NO3S. The molecule has 5 heteroatoms. The Labute approximate surface area is 103 Å². The van der Waals surface area contributed by atoms with Crippen LogP contribution in [0.2, 0.25) is 0 Å². The Morgan fingerprint density at radius 3 is 2.94 bits per heavy atom. The number of hydrogen-bond acceptors (Lipinski definition) is 5. The zero-order valence-corrected chi connectivity index (χ0v) is 10.4. The Hall–Kier alpha value is -1.45. The summed E-state index contributed by atoms with van der Waals surface area (Å²) in [5.41, 5.74) is 1.50. The molecule has 4 nitrogen and oxygen atoms in total. The summed E-state index contributed by atoms with van der Waals surface area (Å²) in [7, 11) is 0. The molecule has 0 aliphatic heterocycles. The van der Waals surface area contributed by atoms with Gasteiger partial charge in [0.05, 0.1) is 6.61 Å². The maximum Gasteiger partial charge on any atom is 0.341 e. The molecule has 1 aromatic heterocycles. The van der Waals surface area contributed by atoms with Gasteiger partial charge in [-0.15, -0.1) is 11.3 Å². The first kappa shape index (κ1) is 12.0. The lowest BCUT2D eigenvalue weighted by atomic mass is 9.95. The fourth-order valence-corrected chi connectivity index (χ4v) is 3.28. The molecule has 1 aliphatic rings. The highest BCUT2D eigenvalue weighted by Gasteiger charge is 2.26. The summed E-state index contributed by atoms with van der Waals surface area (Å²) in [4.78, 5) is 27.0. The van der Waals surface area contributed by atoms with Crippen molar-refractivity contribution in [2.45, 2.75) is 32.6 Å². The number of esters is 1. The molecule has 2 rings (SSSR count). The van der Waals surface area contributed by atoms with Crippen LogP contribution in [-0.4, -0.2) is 18.7 Å². The Kier molecular flexibility index (Phi) is 3.71. The van der Waals surface area contributed by atoms with Crippen LogP contribution in [0.4, 0.5) is 5.00 Å². The van der Waals surface area contributed by atoms with Gasteiger partial charge in [0.1, 0.15) is 10.6 Å². The van der Waals surface area contributed by atoms with E-state index in [1.807, 2.05) is 0 Å². The van der Waals surface area contributed by atoms with Crippen molar-refractivity contribution in [2.75, 3.05) is 6.61 Å². The topological polar surface area (TPSA) is 55.7 Å². The first-order chi connectivity index (χ1) is 8.27. The molecule has 0 unspecified atom stereocenters. The summed E-state index contributed by atoms with van der Waals surface area (Å²) in [5.74, 6) is -0.374. The molecule has 0 fully saturated rings. The van der Waals surface area contributed by atoms with Gasteiger partial charge in [0, 0.05) is 4.88 Å². The maximum atomic E-state index is 11.9. The van der Waals surface area contributed by atoms with Gasteiger partial charge in [-0.05, 0) is 38.2 Å². The van der Waals surface area contributed by atoms with Gasteiger partial charge in [-0.25, -0.2) is 9.59 Å². The van der Waals surface area contributed by atoms with Crippen molar-refractivity contribution in [3.63, 3.8) is 0 Å². The normalized spacial score (nSPS) is 13.7. The second-order valence-corrected chi connectivity index (χ2v) is 4.90. The minimum Gasteiger partial charge on any atom is -0.462 e. The van der Waals surface area contributed by atoms with Crippen molar-refractivity contribution in [2.24, 2.45) is 4.99 Å². The van der Waals surface area contributed by atoms with Crippen LogP contribution in [0.25, 0.3) is 0 Å². The number of rotatable bonds is 3. The first-order valence-electron chi connectivity index (χ1n) is 5.67. The molecule has 0 radical (unpaired) electrons. The maximum absolute atomic E-state index is 11.9. The first-order valence-corrected chi connectivity index (χ1v) is 6.49. The molecule has 1 aromatic rings.